The summed E-state index contributed by atoms with van der Waals surface area (Å²) in [6.07, 6.45) is 7.15. The van der Waals surface area contributed by atoms with Gasteiger partial charge in [0, 0.05) is 10.5 Å². The first kappa shape index (κ1) is 9.70. The fourth-order valence-corrected chi connectivity index (χ4v) is 1.55. The maximum atomic E-state index is 5.37. The molecule has 1 heteroatoms. The third-order valence-corrected chi connectivity index (χ3v) is 2.38. The van der Waals surface area contributed by atoms with Crippen LogP contribution >= 0.6 is 11.8 Å². The van der Waals surface area contributed by atoms with Crippen molar-refractivity contribution in [2.24, 2.45) is 0 Å². The number of hydrogen-bond donors (Lipinski definition) is 0. The third-order valence-electron chi connectivity index (χ3n) is 1.61. The topological polar surface area (TPSA) is 0 Å². The molecule has 0 atom stereocenters. The summed E-state index contributed by atoms with van der Waals surface area (Å²) in [4.78, 5) is 1.06. The second-order valence-electron chi connectivity index (χ2n) is 2.39. The molecule has 0 aliphatic carbocycles. The van der Waals surface area contributed by atoms with Crippen molar-refractivity contribution in [2.75, 3.05) is 0 Å². The predicted octanol–water partition coefficient (Wildman–Crippen LogP) is 3.55. The minimum Gasteiger partial charge on any atom is -0.115 e. The van der Waals surface area contributed by atoms with Crippen molar-refractivity contribution in [3.05, 3.63) is 47.9 Å². The lowest BCUT2D eigenvalue weighted by Gasteiger charge is -2.01. The van der Waals surface area contributed by atoms with Crippen molar-refractivity contribution >= 4 is 17.8 Å². The summed E-state index contributed by atoms with van der Waals surface area (Å²) in [5.41, 5.74) is 1.93. The van der Waals surface area contributed by atoms with Gasteiger partial charge in [-0.05, 0) is 23.1 Å². The van der Waals surface area contributed by atoms with Gasteiger partial charge in [-0.25, -0.2) is 0 Å². The van der Waals surface area contributed by atoms with Gasteiger partial charge in [-0.15, -0.1) is 6.42 Å². The lowest BCUT2D eigenvalue weighted by atomic mass is 10.1. The Labute approximate surface area is 83.4 Å². The van der Waals surface area contributed by atoms with Gasteiger partial charge >= 0.3 is 0 Å². The summed E-state index contributed by atoms with van der Waals surface area (Å²) in [6.45, 7) is 7.33. The van der Waals surface area contributed by atoms with E-state index in [4.69, 9.17) is 6.42 Å². The highest BCUT2D eigenvalue weighted by Crippen LogP contribution is 2.23. The molecule has 0 aliphatic rings. The number of hydrogen-bond acceptors (Lipinski definition) is 1. The van der Waals surface area contributed by atoms with E-state index < -0.39 is 0 Å². The first-order valence-corrected chi connectivity index (χ1v) is 4.70. The Balaban J connectivity index is 3.16. The van der Waals surface area contributed by atoms with Crippen LogP contribution in [0.5, 0.6) is 0 Å². The molecular formula is C12H10S. The molecule has 0 unspecified atom stereocenters. The first-order valence-electron chi connectivity index (χ1n) is 3.82. The Morgan fingerprint density at radius 2 is 2.15 bits per heavy atom. The molecule has 13 heavy (non-hydrogen) atoms. The normalized spacial score (nSPS) is 8.85. The zero-order valence-electron chi connectivity index (χ0n) is 7.29. The Morgan fingerprint density at radius 1 is 1.38 bits per heavy atom. The van der Waals surface area contributed by atoms with Crippen LogP contribution in [0.15, 0.2) is 41.7 Å². The molecule has 0 spiro atoms. The molecular weight excluding hydrogens is 176 g/mol. The minimum atomic E-state index is 0.891. The summed E-state index contributed by atoms with van der Waals surface area (Å²) >= 11 is 1.53. The van der Waals surface area contributed by atoms with E-state index in [1.165, 1.54) is 11.8 Å². The van der Waals surface area contributed by atoms with Crippen LogP contribution in [0.3, 0.4) is 0 Å². The molecule has 0 nitrogen and oxygen atoms in total. The van der Waals surface area contributed by atoms with Crippen molar-refractivity contribution in [3.8, 4) is 12.3 Å². The van der Waals surface area contributed by atoms with Crippen LogP contribution in [-0.4, -0.2) is 0 Å². The highest BCUT2D eigenvalue weighted by atomic mass is 32.2. The monoisotopic (exact) mass is 186 g/mol. The Kier molecular flexibility index (Phi) is 3.42. The zero-order valence-corrected chi connectivity index (χ0v) is 8.10. The summed E-state index contributed by atoms with van der Waals surface area (Å²) in [7, 11) is 0. The Bertz CT molecular complexity index is 369. The van der Waals surface area contributed by atoms with E-state index in [1.807, 2.05) is 18.2 Å². The summed E-state index contributed by atoms with van der Waals surface area (Å²) in [5.74, 6) is 2.64. The van der Waals surface area contributed by atoms with E-state index in [0.717, 1.165) is 16.0 Å². The zero-order chi connectivity index (χ0) is 9.68. The molecule has 1 rings (SSSR count). The third kappa shape index (κ3) is 2.27. The van der Waals surface area contributed by atoms with Gasteiger partial charge in [-0.3, -0.25) is 0 Å². The van der Waals surface area contributed by atoms with Gasteiger partial charge in [0.15, 0.2) is 0 Å². The van der Waals surface area contributed by atoms with Gasteiger partial charge in [0.25, 0.3) is 0 Å². The molecule has 0 N–H and O–H groups in total. The maximum absolute atomic E-state index is 5.37. The molecule has 0 saturated heterocycles. The highest BCUT2D eigenvalue weighted by Gasteiger charge is 1.98. The largest absolute Gasteiger partial charge is 0.115 e. The van der Waals surface area contributed by atoms with Gasteiger partial charge in [-0.2, -0.15) is 0 Å². The SMILES string of the molecule is C#Cc1cc(C=C)ccc1SC=C. The van der Waals surface area contributed by atoms with Crippen molar-refractivity contribution in [1.82, 2.24) is 0 Å². The average molecular weight is 186 g/mol. The molecule has 0 aromatic heterocycles. The molecule has 0 bridgehead atoms. The van der Waals surface area contributed by atoms with Crippen LogP contribution in [0.1, 0.15) is 11.1 Å². The minimum absolute atomic E-state index is 0.891. The van der Waals surface area contributed by atoms with Crippen LogP contribution in [0.25, 0.3) is 6.08 Å². The molecule has 1 aromatic carbocycles. The van der Waals surface area contributed by atoms with E-state index in [2.05, 4.69) is 19.1 Å². The van der Waals surface area contributed by atoms with Crippen molar-refractivity contribution in [3.63, 3.8) is 0 Å². The fraction of sp³-hybridized carbons (Fsp3) is 0. The molecule has 0 aliphatic heterocycles. The van der Waals surface area contributed by atoms with Crippen LogP contribution in [0.4, 0.5) is 0 Å². The van der Waals surface area contributed by atoms with Crippen LogP contribution in [-0.2, 0) is 0 Å². The van der Waals surface area contributed by atoms with E-state index in [1.54, 1.807) is 11.5 Å². The lowest BCUT2D eigenvalue weighted by molar-refractivity contribution is 1.41. The number of benzene rings is 1. The van der Waals surface area contributed by atoms with Crippen molar-refractivity contribution < 1.29 is 0 Å². The summed E-state index contributed by atoms with van der Waals surface area (Å²) in [5, 5.41) is 1.77. The maximum Gasteiger partial charge on any atom is 0.0387 e. The predicted molar refractivity (Wildman–Crippen MR) is 60.5 cm³/mol. The van der Waals surface area contributed by atoms with E-state index in [-0.39, 0.29) is 0 Å². The second-order valence-corrected chi connectivity index (χ2v) is 3.40. The summed E-state index contributed by atoms with van der Waals surface area (Å²) < 4.78 is 0. The number of thioether (sulfide) groups is 1. The number of rotatable bonds is 3. The second kappa shape index (κ2) is 4.59. The van der Waals surface area contributed by atoms with Gasteiger partial charge < -0.3 is 0 Å². The van der Waals surface area contributed by atoms with Gasteiger partial charge in [0.05, 0.1) is 0 Å². The van der Waals surface area contributed by atoms with Gasteiger partial charge in [0.1, 0.15) is 0 Å². The average Bonchev–Trinajstić information content (AvgIpc) is 2.19. The lowest BCUT2D eigenvalue weighted by Crippen LogP contribution is -1.81. The van der Waals surface area contributed by atoms with Crippen molar-refractivity contribution in [1.29, 1.82) is 0 Å². The molecule has 0 saturated carbocycles. The molecule has 0 radical (unpaired) electrons. The van der Waals surface area contributed by atoms with Crippen LogP contribution in [0, 0.1) is 12.3 Å². The molecule has 1 aromatic rings. The smallest absolute Gasteiger partial charge is 0.0387 e. The van der Waals surface area contributed by atoms with Gasteiger partial charge in [-0.1, -0.05) is 43.0 Å². The Morgan fingerprint density at radius 3 is 2.69 bits per heavy atom. The first-order chi connectivity index (χ1) is 6.31. The summed E-state index contributed by atoms with van der Waals surface area (Å²) in [6, 6.07) is 5.91. The van der Waals surface area contributed by atoms with E-state index >= 15 is 0 Å². The van der Waals surface area contributed by atoms with Gasteiger partial charge in [0.2, 0.25) is 0 Å². The van der Waals surface area contributed by atoms with Crippen LogP contribution < -0.4 is 0 Å². The number of terminal acetylenes is 1. The Hall–Kier alpha value is -1.39. The fourth-order valence-electron chi connectivity index (χ4n) is 0.980. The quantitative estimate of drug-likeness (QED) is 0.514. The molecule has 0 amide bonds. The van der Waals surface area contributed by atoms with Crippen LogP contribution in [0.2, 0.25) is 0 Å². The van der Waals surface area contributed by atoms with E-state index in [0.29, 0.717) is 0 Å². The van der Waals surface area contributed by atoms with Crippen molar-refractivity contribution in [2.45, 2.75) is 4.90 Å². The highest BCUT2D eigenvalue weighted by molar-refractivity contribution is 8.02. The molecule has 64 valence electrons. The van der Waals surface area contributed by atoms with E-state index in [9.17, 15) is 0 Å². The molecule has 0 heterocycles. The standard InChI is InChI=1S/C12H10S/c1-4-10-7-8-12(13-6-3)11(5-2)9-10/h2,4,6-9H,1,3H2. The molecule has 0 fully saturated rings.